The Bertz CT molecular complexity index is 314. The van der Waals surface area contributed by atoms with Crippen LogP contribution in [0.4, 0.5) is 5.69 Å². The molecule has 5 heteroatoms. The van der Waals surface area contributed by atoms with Crippen LogP contribution >= 0.6 is 11.6 Å². The molecule has 4 nitrogen and oxygen atoms in total. The predicted molar refractivity (Wildman–Crippen MR) is 44.5 cm³/mol. The fourth-order valence-electron chi connectivity index (χ4n) is 0.755. The highest BCUT2D eigenvalue weighted by Crippen LogP contribution is 2.30. The average molecular weight is 188 g/mol. The third kappa shape index (κ3) is 1.43. The highest BCUT2D eigenvalue weighted by atomic mass is 35.5. The molecule has 1 aromatic carbocycles. The molecular weight excluding hydrogens is 182 g/mol. The molecule has 0 radical (unpaired) electrons. The number of rotatable bonds is 1. The first-order chi connectivity index (χ1) is 5.52. The molecule has 0 bridgehead atoms. The second-order valence-electron chi connectivity index (χ2n) is 2.20. The van der Waals surface area contributed by atoms with Crippen molar-refractivity contribution >= 4 is 23.3 Å². The van der Waals surface area contributed by atoms with Crippen molar-refractivity contribution in [2.24, 2.45) is 0 Å². The number of anilines is 1. The summed E-state index contributed by atoms with van der Waals surface area (Å²) in [4.78, 5) is 10.4. The summed E-state index contributed by atoms with van der Waals surface area (Å²) in [5.74, 6) is -1.48. The van der Waals surface area contributed by atoms with Gasteiger partial charge in [-0.25, -0.2) is 4.79 Å². The van der Waals surface area contributed by atoms with E-state index in [1.807, 2.05) is 0 Å². The van der Waals surface area contributed by atoms with Crippen molar-refractivity contribution in [1.29, 1.82) is 0 Å². The van der Waals surface area contributed by atoms with Gasteiger partial charge in [0.05, 0.1) is 11.3 Å². The van der Waals surface area contributed by atoms with Crippen LogP contribution in [0.1, 0.15) is 10.4 Å². The number of hydrogen-bond donors (Lipinski definition) is 3. The molecule has 1 aromatic rings. The Kier molecular flexibility index (Phi) is 2.10. The minimum Gasteiger partial charge on any atom is -0.506 e. The van der Waals surface area contributed by atoms with E-state index in [-0.39, 0.29) is 22.0 Å². The molecule has 0 atom stereocenters. The van der Waals surface area contributed by atoms with Gasteiger partial charge in [-0.1, -0.05) is 11.6 Å². The number of carbonyl (C=O) groups is 1. The van der Waals surface area contributed by atoms with Crippen molar-refractivity contribution in [3.8, 4) is 5.75 Å². The van der Waals surface area contributed by atoms with Crippen LogP contribution in [0.25, 0.3) is 0 Å². The number of phenols is 1. The number of nitrogens with two attached hydrogens (primary N) is 1. The number of benzene rings is 1. The molecule has 0 aliphatic heterocycles. The fraction of sp³-hybridized carbons (Fsp3) is 0. The summed E-state index contributed by atoms with van der Waals surface area (Å²) in [7, 11) is 0. The highest BCUT2D eigenvalue weighted by molar-refractivity contribution is 6.34. The van der Waals surface area contributed by atoms with Crippen molar-refractivity contribution in [3.05, 3.63) is 22.7 Å². The van der Waals surface area contributed by atoms with Gasteiger partial charge in [-0.05, 0) is 12.1 Å². The zero-order valence-corrected chi connectivity index (χ0v) is 6.67. The lowest BCUT2D eigenvalue weighted by Crippen LogP contribution is -1.98. The summed E-state index contributed by atoms with van der Waals surface area (Å²) in [6, 6.07) is 2.23. The molecule has 0 aromatic heterocycles. The molecule has 0 fully saturated rings. The predicted octanol–water partition coefficient (Wildman–Crippen LogP) is 1.33. The van der Waals surface area contributed by atoms with Gasteiger partial charge in [0.2, 0.25) is 0 Å². The largest absolute Gasteiger partial charge is 0.506 e. The molecule has 0 saturated heterocycles. The fourth-order valence-corrected chi connectivity index (χ4v) is 0.864. The Labute approximate surface area is 73.2 Å². The topological polar surface area (TPSA) is 83.6 Å². The van der Waals surface area contributed by atoms with Gasteiger partial charge in [-0.3, -0.25) is 0 Å². The lowest BCUT2D eigenvalue weighted by molar-refractivity contribution is 0.0696. The van der Waals surface area contributed by atoms with E-state index in [2.05, 4.69) is 0 Å². The average Bonchev–Trinajstić information content (AvgIpc) is 1.99. The lowest BCUT2D eigenvalue weighted by Gasteiger charge is -2.02. The summed E-state index contributed by atoms with van der Waals surface area (Å²) in [6.45, 7) is 0. The molecule has 0 unspecified atom stereocenters. The van der Waals surface area contributed by atoms with Crippen molar-refractivity contribution < 1.29 is 15.0 Å². The van der Waals surface area contributed by atoms with Crippen LogP contribution in [0.2, 0.25) is 5.02 Å². The highest BCUT2D eigenvalue weighted by Gasteiger charge is 2.09. The van der Waals surface area contributed by atoms with Gasteiger partial charge >= 0.3 is 5.97 Å². The van der Waals surface area contributed by atoms with Crippen LogP contribution in [0.15, 0.2) is 12.1 Å². The van der Waals surface area contributed by atoms with Gasteiger partial charge in [0.1, 0.15) is 10.8 Å². The van der Waals surface area contributed by atoms with Crippen LogP contribution in [0.5, 0.6) is 5.75 Å². The third-order valence-corrected chi connectivity index (χ3v) is 1.74. The summed E-state index contributed by atoms with van der Waals surface area (Å²) >= 11 is 5.49. The Morgan fingerprint density at radius 3 is 2.50 bits per heavy atom. The SMILES string of the molecule is Nc1cc(C(=O)O)cc(O)c1Cl. The second-order valence-corrected chi connectivity index (χ2v) is 2.58. The maximum atomic E-state index is 10.4. The van der Waals surface area contributed by atoms with Crippen molar-refractivity contribution in [3.63, 3.8) is 0 Å². The van der Waals surface area contributed by atoms with Gasteiger partial charge in [0, 0.05) is 0 Å². The summed E-state index contributed by atoms with van der Waals surface area (Å²) in [6.07, 6.45) is 0. The maximum absolute atomic E-state index is 10.4. The smallest absolute Gasteiger partial charge is 0.335 e. The zero-order chi connectivity index (χ0) is 9.30. The number of nitrogen functional groups attached to an aromatic ring is 1. The van der Waals surface area contributed by atoms with E-state index in [0.29, 0.717) is 0 Å². The van der Waals surface area contributed by atoms with E-state index in [1.165, 1.54) is 6.07 Å². The first kappa shape index (κ1) is 8.67. The van der Waals surface area contributed by atoms with Crippen molar-refractivity contribution in [2.45, 2.75) is 0 Å². The first-order valence-electron chi connectivity index (χ1n) is 3.03. The Hall–Kier alpha value is -1.42. The van der Waals surface area contributed by atoms with E-state index in [0.717, 1.165) is 6.07 Å². The molecule has 4 N–H and O–H groups in total. The molecule has 12 heavy (non-hydrogen) atoms. The number of carboxylic acid groups (broad SMARTS) is 1. The number of aromatic carboxylic acids is 1. The summed E-state index contributed by atoms with van der Waals surface area (Å²) in [5, 5.41) is 17.5. The van der Waals surface area contributed by atoms with Gasteiger partial charge in [0.25, 0.3) is 0 Å². The number of hydrogen-bond acceptors (Lipinski definition) is 3. The van der Waals surface area contributed by atoms with Gasteiger partial charge < -0.3 is 15.9 Å². The van der Waals surface area contributed by atoms with Crippen molar-refractivity contribution in [2.75, 3.05) is 5.73 Å². The van der Waals surface area contributed by atoms with Crippen LogP contribution in [0, 0.1) is 0 Å². The van der Waals surface area contributed by atoms with Crippen LogP contribution in [-0.2, 0) is 0 Å². The molecule has 0 saturated carbocycles. The molecule has 0 amide bonds. The maximum Gasteiger partial charge on any atom is 0.335 e. The van der Waals surface area contributed by atoms with Gasteiger partial charge in [0.15, 0.2) is 0 Å². The number of phenolic OH excluding ortho intramolecular Hbond substituents is 1. The standard InChI is InChI=1S/C7H6ClNO3/c8-6-4(9)1-3(7(11)12)2-5(6)10/h1-2,10H,9H2,(H,11,12). The Balaban J connectivity index is 3.31. The van der Waals surface area contributed by atoms with Crippen LogP contribution < -0.4 is 5.73 Å². The van der Waals surface area contributed by atoms with Crippen LogP contribution in [0.3, 0.4) is 0 Å². The minimum absolute atomic E-state index is 0.0278. The summed E-state index contributed by atoms with van der Waals surface area (Å²) < 4.78 is 0. The Morgan fingerprint density at radius 1 is 1.50 bits per heavy atom. The zero-order valence-electron chi connectivity index (χ0n) is 5.91. The molecule has 64 valence electrons. The molecule has 1 rings (SSSR count). The van der Waals surface area contributed by atoms with E-state index < -0.39 is 5.97 Å². The van der Waals surface area contributed by atoms with Crippen LogP contribution in [-0.4, -0.2) is 16.2 Å². The quantitative estimate of drug-likeness (QED) is 0.579. The van der Waals surface area contributed by atoms with E-state index in [4.69, 9.17) is 27.5 Å². The number of aromatic hydroxyl groups is 1. The molecule has 0 aliphatic carbocycles. The van der Waals surface area contributed by atoms with E-state index >= 15 is 0 Å². The third-order valence-electron chi connectivity index (χ3n) is 1.33. The number of halogens is 1. The second kappa shape index (κ2) is 2.91. The molecular formula is C7H6ClNO3. The van der Waals surface area contributed by atoms with E-state index in [9.17, 15) is 4.79 Å². The van der Waals surface area contributed by atoms with Gasteiger partial charge in [-0.2, -0.15) is 0 Å². The summed E-state index contributed by atoms with van der Waals surface area (Å²) in [5.41, 5.74) is 5.27. The monoisotopic (exact) mass is 187 g/mol. The Morgan fingerprint density at radius 2 is 2.08 bits per heavy atom. The van der Waals surface area contributed by atoms with Crippen molar-refractivity contribution in [1.82, 2.24) is 0 Å². The molecule has 0 heterocycles. The first-order valence-corrected chi connectivity index (χ1v) is 3.41. The molecule has 0 spiro atoms. The van der Waals surface area contributed by atoms with E-state index in [1.54, 1.807) is 0 Å². The molecule has 0 aliphatic rings. The lowest BCUT2D eigenvalue weighted by atomic mass is 10.2. The normalized spacial score (nSPS) is 9.75. The minimum atomic E-state index is -1.16. The van der Waals surface area contributed by atoms with Gasteiger partial charge in [-0.15, -0.1) is 0 Å². The number of carboxylic acids is 1.